The normalized spacial score (nSPS) is 34.6. The van der Waals surface area contributed by atoms with Crippen molar-refractivity contribution in [3.05, 3.63) is 0 Å². The van der Waals surface area contributed by atoms with Gasteiger partial charge in [0.15, 0.2) is 0 Å². The Balaban J connectivity index is 1.92. The van der Waals surface area contributed by atoms with E-state index in [4.69, 9.17) is 4.74 Å². The van der Waals surface area contributed by atoms with Gasteiger partial charge in [0.05, 0.1) is 24.2 Å². The van der Waals surface area contributed by atoms with E-state index >= 15 is 0 Å². The van der Waals surface area contributed by atoms with Gasteiger partial charge in [0.25, 0.3) is 0 Å². The van der Waals surface area contributed by atoms with Crippen LogP contribution in [0.5, 0.6) is 0 Å². The second-order valence-corrected chi connectivity index (χ2v) is 6.90. The Morgan fingerprint density at radius 1 is 1.24 bits per heavy atom. The highest BCUT2D eigenvalue weighted by Gasteiger charge is 2.42. The third-order valence-corrected chi connectivity index (χ3v) is 5.42. The Morgan fingerprint density at radius 2 is 1.95 bits per heavy atom. The van der Waals surface area contributed by atoms with Gasteiger partial charge in [0, 0.05) is 0 Å². The van der Waals surface area contributed by atoms with Crippen molar-refractivity contribution in [3.8, 4) is 0 Å². The average Bonchev–Trinajstić information content (AvgIpc) is 2.45. The van der Waals surface area contributed by atoms with Crippen LogP contribution in [0.4, 0.5) is 0 Å². The van der Waals surface area contributed by atoms with Gasteiger partial charge in [0.1, 0.15) is 0 Å². The molecule has 3 rings (SSSR count). The molecular formula is C17H30O4. The lowest BCUT2D eigenvalue weighted by atomic mass is 9.67. The Bertz CT molecular complexity index is 344. The summed E-state index contributed by atoms with van der Waals surface area (Å²) >= 11 is 0. The van der Waals surface area contributed by atoms with Crippen LogP contribution in [0.3, 0.4) is 0 Å². The molecule has 3 aliphatic rings. The van der Waals surface area contributed by atoms with Crippen LogP contribution in [-0.2, 0) is 9.53 Å². The number of aliphatic carboxylic acids is 1. The van der Waals surface area contributed by atoms with Crippen molar-refractivity contribution in [2.24, 2.45) is 17.8 Å². The van der Waals surface area contributed by atoms with Gasteiger partial charge in [-0.1, -0.05) is 20.3 Å². The lowest BCUT2D eigenvalue weighted by Gasteiger charge is -2.46. The van der Waals surface area contributed by atoms with Crippen molar-refractivity contribution >= 4 is 5.97 Å². The molecule has 0 aromatic rings. The first kappa shape index (κ1) is 16.8. The predicted molar refractivity (Wildman–Crippen MR) is 81.1 cm³/mol. The average molecular weight is 298 g/mol. The minimum atomic E-state index is -0.706. The second kappa shape index (κ2) is 7.59. The zero-order chi connectivity index (χ0) is 15.4. The molecule has 3 fully saturated rings. The van der Waals surface area contributed by atoms with E-state index in [1.54, 1.807) is 0 Å². The van der Waals surface area contributed by atoms with E-state index in [-0.39, 0.29) is 24.2 Å². The van der Waals surface area contributed by atoms with E-state index in [0.29, 0.717) is 24.7 Å². The molecule has 3 saturated carbocycles. The van der Waals surface area contributed by atoms with Crippen molar-refractivity contribution in [1.82, 2.24) is 0 Å². The smallest absolute Gasteiger partial charge is 0.306 e. The Hall–Kier alpha value is -0.610. The predicted octanol–water partition coefficient (Wildman–Crippen LogP) is 3.22. The van der Waals surface area contributed by atoms with E-state index < -0.39 is 5.97 Å². The van der Waals surface area contributed by atoms with Crippen molar-refractivity contribution in [2.45, 2.75) is 83.5 Å². The van der Waals surface area contributed by atoms with Gasteiger partial charge in [-0.25, -0.2) is 0 Å². The summed E-state index contributed by atoms with van der Waals surface area (Å²) in [7, 11) is 0. The van der Waals surface area contributed by atoms with Crippen molar-refractivity contribution < 1.29 is 19.7 Å². The fraction of sp³-hybridized carbons (Fsp3) is 0.941. The number of fused-ring (bicyclic) bond motifs is 3. The molecule has 122 valence electrons. The van der Waals surface area contributed by atoms with E-state index in [0.717, 1.165) is 38.5 Å². The molecule has 6 atom stereocenters. The number of hydrogen-bond donors (Lipinski definition) is 2. The van der Waals surface area contributed by atoms with Crippen LogP contribution in [0, 0.1) is 17.8 Å². The molecule has 0 heterocycles. The fourth-order valence-electron chi connectivity index (χ4n) is 4.08. The largest absolute Gasteiger partial charge is 0.481 e. The molecule has 2 bridgehead atoms. The van der Waals surface area contributed by atoms with Crippen molar-refractivity contribution in [3.63, 3.8) is 0 Å². The molecule has 0 aliphatic heterocycles. The van der Waals surface area contributed by atoms with Crippen LogP contribution in [0.2, 0.25) is 0 Å². The summed E-state index contributed by atoms with van der Waals surface area (Å²) in [6.45, 7) is 4.05. The summed E-state index contributed by atoms with van der Waals surface area (Å²) in [5.41, 5.74) is 0. The fourth-order valence-corrected chi connectivity index (χ4v) is 4.08. The van der Waals surface area contributed by atoms with Gasteiger partial charge in [-0.05, 0) is 56.8 Å². The highest BCUT2D eigenvalue weighted by Crippen LogP contribution is 2.43. The third kappa shape index (κ3) is 4.19. The lowest BCUT2D eigenvalue weighted by molar-refractivity contribution is -0.149. The van der Waals surface area contributed by atoms with Crippen molar-refractivity contribution in [1.29, 1.82) is 0 Å². The van der Waals surface area contributed by atoms with Gasteiger partial charge in [-0.2, -0.15) is 0 Å². The highest BCUT2D eigenvalue weighted by atomic mass is 16.5. The maximum absolute atomic E-state index is 11.2. The van der Waals surface area contributed by atoms with Gasteiger partial charge in [0.2, 0.25) is 0 Å². The first-order valence-corrected chi connectivity index (χ1v) is 8.61. The van der Waals surface area contributed by atoms with Gasteiger partial charge in [-0.3, -0.25) is 4.79 Å². The quantitative estimate of drug-likeness (QED) is 0.722. The number of hydrogen-bond acceptors (Lipinski definition) is 3. The zero-order valence-electron chi connectivity index (χ0n) is 13.3. The number of carboxylic acid groups (broad SMARTS) is 1. The van der Waals surface area contributed by atoms with Crippen LogP contribution in [0.1, 0.15) is 65.2 Å². The van der Waals surface area contributed by atoms with E-state index in [2.05, 4.69) is 6.92 Å². The molecule has 3 aliphatic carbocycles. The number of ether oxygens (including phenoxy) is 1. The molecule has 0 aromatic heterocycles. The highest BCUT2D eigenvalue weighted by molar-refractivity contribution is 5.69. The van der Waals surface area contributed by atoms with Gasteiger partial charge >= 0.3 is 5.97 Å². The standard InChI is InChI=1S/C17H30O4/c1-3-5-14(8-11(4-2)17(19)20)21-16-10-12-6-7-13(16)9-15(12)18/h11-16,18H,3-10H2,1-2H3,(H,19,20). The van der Waals surface area contributed by atoms with E-state index in [1.807, 2.05) is 6.92 Å². The molecule has 6 unspecified atom stereocenters. The Morgan fingerprint density at radius 3 is 2.43 bits per heavy atom. The summed E-state index contributed by atoms with van der Waals surface area (Å²) < 4.78 is 6.32. The first-order valence-electron chi connectivity index (χ1n) is 8.61. The number of carboxylic acids is 1. The lowest BCUT2D eigenvalue weighted by Crippen LogP contribution is -2.46. The SMILES string of the molecule is CCCC(CC(CC)C(=O)O)OC1CC2CCC1CC2O. The van der Waals surface area contributed by atoms with Crippen LogP contribution in [0.15, 0.2) is 0 Å². The van der Waals surface area contributed by atoms with Crippen LogP contribution in [-0.4, -0.2) is 34.5 Å². The molecule has 4 nitrogen and oxygen atoms in total. The van der Waals surface area contributed by atoms with Crippen LogP contribution >= 0.6 is 0 Å². The minimum absolute atomic E-state index is 0.0533. The molecule has 0 spiro atoms. The van der Waals surface area contributed by atoms with Gasteiger partial charge in [-0.15, -0.1) is 0 Å². The number of carbonyl (C=O) groups is 1. The molecule has 4 heteroatoms. The van der Waals surface area contributed by atoms with E-state index in [9.17, 15) is 15.0 Å². The summed E-state index contributed by atoms with van der Waals surface area (Å²) in [4.78, 5) is 11.2. The molecule has 2 N–H and O–H groups in total. The summed E-state index contributed by atoms with van der Waals surface area (Å²) in [6, 6.07) is 0. The summed E-state index contributed by atoms with van der Waals surface area (Å²) in [6.07, 6.45) is 7.47. The molecule has 0 aromatic carbocycles. The first-order chi connectivity index (χ1) is 10.0. The molecule has 0 amide bonds. The molecule has 21 heavy (non-hydrogen) atoms. The molecular weight excluding hydrogens is 268 g/mol. The van der Waals surface area contributed by atoms with Crippen LogP contribution in [0.25, 0.3) is 0 Å². The maximum atomic E-state index is 11.2. The Labute approximate surface area is 127 Å². The Kier molecular flexibility index (Phi) is 6.06. The minimum Gasteiger partial charge on any atom is -0.481 e. The number of aliphatic hydroxyl groups is 1. The van der Waals surface area contributed by atoms with Crippen molar-refractivity contribution in [2.75, 3.05) is 0 Å². The second-order valence-electron chi connectivity index (χ2n) is 6.90. The number of aliphatic hydroxyl groups excluding tert-OH is 1. The maximum Gasteiger partial charge on any atom is 0.306 e. The molecule has 0 saturated heterocycles. The van der Waals surface area contributed by atoms with E-state index in [1.165, 1.54) is 0 Å². The monoisotopic (exact) mass is 298 g/mol. The third-order valence-electron chi connectivity index (χ3n) is 5.42. The molecule has 0 radical (unpaired) electrons. The summed E-state index contributed by atoms with van der Waals surface area (Å²) in [5.74, 6) is -0.145. The van der Waals surface area contributed by atoms with Crippen LogP contribution < -0.4 is 0 Å². The topological polar surface area (TPSA) is 66.8 Å². The zero-order valence-corrected chi connectivity index (χ0v) is 13.3. The summed E-state index contributed by atoms with van der Waals surface area (Å²) in [5, 5.41) is 19.2. The number of rotatable bonds is 8. The van der Waals surface area contributed by atoms with Gasteiger partial charge < -0.3 is 14.9 Å².